The molecule has 0 aliphatic rings. The molecule has 0 bridgehead atoms. The van der Waals surface area contributed by atoms with E-state index < -0.39 is 0 Å². The number of thiophene rings is 2. The standard InChI is InChI=1S/2C51H30N4OS/c1-3-12-31(13-4-1)32-14-11-15-33(28-32)49-52-50(34-23-27-46-41(29-34)38-18-8-10-21-45(38)57-46)54-51(53-49)35-22-24-37-39-25-26-43-47(48(39)56-44(37)30-35)40-19-7-9-20-42(40)55(43)36-16-5-2-6-17-36;1-3-11-31(12-4-1)32-19-21-33(22-20-32)49-52-50(34-24-28-46-41(29-34)38-15-8-10-18-45(38)57-46)54-51(53-49)35-23-25-37-39-26-27-43-47(48(39)56-44(37)30-35)40-16-7-9-17-42(40)55(43)36-13-5-2-6-14-36/h2*1-30H. The second-order valence-corrected chi connectivity index (χ2v) is 31.0. The summed E-state index contributed by atoms with van der Waals surface area (Å²) >= 11 is 3.61. The molecule has 8 heterocycles. The summed E-state index contributed by atoms with van der Waals surface area (Å²) in [4.78, 5) is 30.9. The molecule has 10 nitrogen and oxygen atoms in total. The van der Waals surface area contributed by atoms with E-state index in [0.717, 1.165) is 149 Å². The van der Waals surface area contributed by atoms with E-state index in [0.29, 0.717) is 34.9 Å². The van der Waals surface area contributed by atoms with Crippen LogP contribution in [0.1, 0.15) is 0 Å². The summed E-state index contributed by atoms with van der Waals surface area (Å²) in [5, 5.41) is 13.6. The third-order valence-corrected chi connectivity index (χ3v) is 24.4. The first kappa shape index (κ1) is 65.1. The predicted molar refractivity (Wildman–Crippen MR) is 472 cm³/mol. The number of furan rings is 2. The van der Waals surface area contributed by atoms with Crippen LogP contribution < -0.4 is 0 Å². The van der Waals surface area contributed by atoms with E-state index in [1.807, 2.05) is 12.1 Å². The predicted octanol–water partition coefficient (Wildman–Crippen LogP) is 27.8. The molecular formula is C102H60N8O2S2. The van der Waals surface area contributed by atoms with E-state index in [2.05, 4.69) is 361 Å². The maximum absolute atomic E-state index is 6.88. The topological polar surface area (TPSA) is 113 Å². The Balaban J connectivity index is 0.000000135. The van der Waals surface area contributed by atoms with Crippen LogP contribution in [-0.2, 0) is 0 Å². The van der Waals surface area contributed by atoms with E-state index in [4.69, 9.17) is 38.7 Å². The highest BCUT2D eigenvalue weighted by Gasteiger charge is 2.24. The van der Waals surface area contributed by atoms with Gasteiger partial charge in [0.25, 0.3) is 0 Å². The summed E-state index contributed by atoms with van der Waals surface area (Å²) in [7, 11) is 0. The van der Waals surface area contributed by atoms with Gasteiger partial charge in [0.1, 0.15) is 22.3 Å². The number of para-hydroxylation sites is 4. The molecule has 0 radical (unpaired) electrons. The zero-order valence-corrected chi connectivity index (χ0v) is 62.5. The second-order valence-electron chi connectivity index (χ2n) is 28.8. The van der Waals surface area contributed by atoms with Crippen LogP contribution >= 0.6 is 22.7 Å². The smallest absolute Gasteiger partial charge is 0.164 e. The van der Waals surface area contributed by atoms with Crippen LogP contribution in [0.5, 0.6) is 0 Å². The Hall–Kier alpha value is -14.8. The zero-order valence-electron chi connectivity index (χ0n) is 60.9. The van der Waals surface area contributed by atoms with Crippen LogP contribution in [0, 0.1) is 0 Å². The van der Waals surface area contributed by atoms with E-state index in [9.17, 15) is 0 Å². The van der Waals surface area contributed by atoms with E-state index in [1.165, 1.54) is 45.9 Å². The van der Waals surface area contributed by atoms with Crippen LogP contribution in [0.25, 0.3) is 230 Å². The summed E-state index contributed by atoms with van der Waals surface area (Å²) in [6, 6.07) is 127. The van der Waals surface area contributed by atoms with Crippen LogP contribution in [0.3, 0.4) is 0 Å². The second kappa shape index (κ2) is 26.5. The van der Waals surface area contributed by atoms with Gasteiger partial charge in [0, 0.05) is 117 Å². The fourth-order valence-corrected chi connectivity index (χ4v) is 18.9. The number of hydrogen-bond donors (Lipinski definition) is 0. The molecule has 0 atom stereocenters. The average molecular weight is 1490 g/mol. The third kappa shape index (κ3) is 10.9. The molecule has 0 unspecified atom stereocenters. The van der Waals surface area contributed by atoms with Gasteiger partial charge in [0.2, 0.25) is 0 Å². The Morgan fingerprint density at radius 1 is 0.193 bits per heavy atom. The van der Waals surface area contributed by atoms with E-state index in [1.54, 1.807) is 22.7 Å². The molecule has 24 aromatic rings. The van der Waals surface area contributed by atoms with Crippen LogP contribution in [0.15, 0.2) is 373 Å². The van der Waals surface area contributed by atoms with Gasteiger partial charge in [-0.05, 0) is 162 Å². The summed E-state index contributed by atoms with van der Waals surface area (Å²) in [5.41, 5.74) is 20.0. The number of aromatic nitrogens is 8. The van der Waals surface area contributed by atoms with Gasteiger partial charge in [0.15, 0.2) is 34.9 Å². The van der Waals surface area contributed by atoms with Crippen molar-refractivity contribution in [1.82, 2.24) is 39.0 Å². The lowest BCUT2D eigenvalue weighted by Gasteiger charge is -2.10. The summed E-state index contributed by atoms with van der Waals surface area (Å²) in [5.74, 6) is 3.65. The SMILES string of the molecule is c1ccc(-c2ccc(-c3nc(-c4ccc5c(c4)oc4c5ccc5c4c4ccccc4n5-c4ccccc4)nc(-c4ccc5sc6ccccc6c5c4)n3)cc2)cc1.c1ccc(-c2cccc(-c3nc(-c4ccc5c(c4)oc4c5ccc5c4c4ccccc4n5-c4ccccc4)nc(-c4ccc5sc6ccccc6c5c4)n3)c2)cc1. The fourth-order valence-electron chi connectivity index (χ4n) is 16.7. The zero-order chi connectivity index (χ0) is 74.9. The molecule has 0 N–H and O–H groups in total. The number of rotatable bonds is 10. The van der Waals surface area contributed by atoms with Crippen molar-refractivity contribution < 1.29 is 8.83 Å². The third-order valence-electron chi connectivity index (χ3n) is 22.1. The Bertz CT molecular complexity index is 7980. The van der Waals surface area contributed by atoms with E-state index in [-0.39, 0.29) is 0 Å². The number of hydrogen-bond acceptors (Lipinski definition) is 10. The Labute approximate surface area is 659 Å². The Morgan fingerprint density at radius 2 is 0.509 bits per heavy atom. The molecule has 0 saturated carbocycles. The Kier molecular flexibility index (Phi) is 15.1. The molecule has 114 heavy (non-hydrogen) atoms. The molecule has 0 aliphatic carbocycles. The van der Waals surface area contributed by atoms with Crippen molar-refractivity contribution in [2.24, 2.45) is 0 Å². The van der Waals surface area contributed by atoms with Crippen molar-refractivity contribution in [2.75, 3.05) is 0 Å². The minimum atomic E-state index is 0.587. The minimum absolute atomic E-state index is 0.587. The summed E-state index contributed by atoms with van der Waals surface area (Å²) < 4.78 is 23.4. The molecule has 0 amide bonds. The molecule has 0 spiro atoms. The fraction of sp³-hybridized carbons (Fsp3) is 0. The average Bonchev–Trinajstić information content (AvgIpc) is 1.56. The summed E-state index contributed by atoms with van der Waals surface area (Å²) in [6.07, 6.45) is 0. The quantitative estimate of drug-likeness (QED) is 0.133. The first-order valence-electron chi connectivity index (χ1n) is 38.0. The minimum Gasteiger partial charge on any atom is -0.455 e. The molecular weight excluding hydrogens is 1430 g/mol. The van der Waals surface area contributed by atoms with E-state index >= 15 is 0 Å². The largest absolute Gasteiger partial charge is 0.455 e. The van der Waals surface area contributed by atoms with Gasteiger partial charge < -0.3 is 18.0 Å². The van der Waals surface area contributed by atoms with Gasteiger partial charge in [-0.1, -0.05) is 224 Å². The first-order chi connectivity index (χ1) is 56.5. The van der Waals surface area contributed by atoms with Gasteiger partial charge in [-0.15, -0.1) is 22.7 Å². The van der Waals surface area contributed by atoms with Crippen molar-refractivity contribution in [1.29, 1.82) is 0 Å². The highest BCUT2D eigenvalue weighted by Crippen LogP contribution is 2.46. The van der Waals surface area contributed by atoms with Crippen LogP contribution in [0.2, 0.25) is 0 Å². The van der Waals surface area contributed by atoms with Gasteiger partial charge >= 0.3 is 0 Å². The molecule has 0 fully saturated rings. The van der Waals surface area contributed by atoms with Gasteiger partial charge in [-0.2, -0.15) is 0 Å². The van der Waals surface area contributed by atoms with Crippen molar-refractivity contribution in [3.8, 4) is 102 Å². The lowest BCUT2D eigenvalue weighted by Crippen LogP contribution is -2.00. The van der Waals surface area contributed by atoms with Crippen molar-refractivity contribution >= 4 is 151 Å². The van der Waals surface area contributed by atoms with Crippen molar-refractivity contribution in [3.05, 3.63) is 364 Å². The molecule has 0 saturated heterocycles. The normalized spacial score (nSPS) is 11.9. The molecule has 0 aliphatic heterocycles. The summed E-state index contributed by atoms with van der Waals surface area (Å²) in [6.45, 7) is 0. The maximum Gasteiger partial charge on any atom is 0.164 e. The molecule has 532 valence electrons. The first-order valence-corrected chi connectivity index (χ1v) is 39.7. The molecule has 24 rings (SSSR count). The van der Waals surface area contributed by atoms with Crippen LogP contribution in [0.4, 0.5) is 0 Å². The lowest BCUT2D eigenvalue weighted by atomic mass is 10.0. The lowest BCUT2D eigenvalue weighted by molar-refractivity contribution is 0.672. The number of benzene rings is 16. The van der Waals surface area contributed by atoms with Gasteiger partial charge in [0.05, 0.1) is 32.8 Å². The Morgan fingerprint density at radius 3 is 0.974 bits per heavy atom. The molecule has 16 aromatic carbocycles. The van der Waals surface area contributed by atoms with Crippen molar-refractivity contribution in [3.63, 3.8) is 0 Å². The number of fused-ring (bicyclic) bond motifs is 20. The molecule has 8 aromatic heterocycles. The monoisotopic (exact) mass is 1490 g/mol. The maximum atomic E-state index is 6.88. The van der Waals surface area contributed by atoms with Gasteiger partial charge in [-0.25, -0.2) is 29.9 Å². The van der Waals surface area contributed by atoms with Crippen molar-refractivity contribution in [2.45, 2.75) is 0 Å². The van der Waals surface area contributed by atoms with Gasteiger partial charge in [-0.3, -0.25) is 0 Å². The van der Waals surface area contributed by atoms with Crippen LogP contribution in [-0.4, -0.2) is 39.0 Å². The highest BCUT2D eigenvalue weighted by molar-refractivity contribution is 7.26. The number of nitrogens with zero attached hydrogens (tertiary/aromatic N) is 8. The molecule has 12 heteroatoms. The highest BCUT2D eigenvalue weighted by atomic mass is 32.1.